The molecule has 0 bridgehead atoms. The van der Waals surface area contributed by atoms with Crippen LogP contribution >= 0.6 is 0 Å². The fraction of sp³-hybridized carbons (Fsp3) is 0.400. The van der Waals surface area contributed by atoms with E-state index in [1.54, 1.807) is 23.4 Å². The first-order valence-electron chi connectivity index (χ1n) is 14.1. The molecule has 0 radical (unpaired) electrons. The third kappa shape index (κ3) is 6.93. The second kappa shape index (κ2) is 12.0. The third-order valence-corrected chi connectivity index (χ3v) is 6.87. The van der Waals surface area contributed by atoms with Crippen molar-refractivity contribution in [2.75, 3.05) is 41.7 Å². The topological polar surface area (TPSA) is 130 Å². The summed E-state index contributed by atoms with van der Waals surface area (Å²) in [7, 11) is 0. The lowest BCUT2D eigenvalue weighted by molar-refractivity contribution is 0.0240. The highest BCUT2D eigenvalue weighted by atomic mass is 16.6. The summed E-state index contributed by atoms with van der Waals surface area (Å²) in [5, 5.41) is 10.8. The molecule has 12 heteroatoms. The van der Waals surface area contributed by atoms with E-state index in [9.17, 15) is 9.59 Å². The molecular weight excluding hydrogens is 534 g/mol. The number of ether oxygens (including phenoxy) is 1. The molecule has 0 saturated carbocycles. The zero-order chi connectivity index (χ0) is 29.9. The minimum absolute atomic E-state index is 0.0846. The highest BCUT2D eigenvalue weighted by Crippen LogP contribution is 2.23. The zero-order valence-electron chi connectivity index (χ0n) is 24.7. The number of piperazine rings is 1. The summed E-state index contributed by atoms with van der Waals surface area (Å²) in [6.07, 6.45) is 4.85. The highest BCUT2D eigenvalue weighted by Gasteiger charge is 2.26. The van der Waals surface area contributed by atoms with Gasteiger partial charge in [-0.05, 0) is 64.4 Å². The van der Waals surface area contributed by atoms with Gasteiger partial charge in [-0.3, -0.25) is 9.48 Å². The van der Waals surface area contributed by atoms with Crippen LogP contribution in [-0.2, 0) is 11.3 Å². The number of hydrogen-bond donors (Lipinski definition) is 2. The number of rotatable bonds is 7. The van der Waals surface area contributed by atoms with Gasteiger partial charge in [-0.15, -0.1) is 0 Å². The van der Waals surface area contributed by atoms with Crippen molar-refractivity contribution in [1.29, 1.82) is 0 Å². The van der Waals surface area contributed by atoms with Crippen molar-refractivity contribution in [2.45, 2.75) is 52.8 Å². The van der Waals surface area contributed by atoms with Crippen molar-refractivity contribution in [2.24, 2.45) is 0 Å². The monoisotopic (exact) mass is 571 g/mol. The van der Waals surface area contributed by atoms with E-state index in [2.05, 4.69) is 35.6 Å². The Bertz CT molecular complexity index is 1550. The van der Waals surface area contributed by atoms with Gasteiger partial charge < -0.3 is 25.2 Å². The second-order valence-electron chi connectivity index (χ2n) is 11.3. The molecule has 1 aliphatic heterocycles. The predicted molar refractivity (Wildman–Crippen MR) is 162 cm³/mol. The molecule has 2 amide bonds. The van der Waals surface area contributed by atoms with E-state index in [0.29, 0.717) is 48.9 Å². The van der Waals surface area contributed by atoms with Gasteiger partial charge in [0.25, 0.3) is 5.91 Å². The Morgan fingerprint density at radius 3 is 2.52 bits per heavy atom. The summed E-state index contributed by atoms with van der Waals surface area (Å²) in [6.45, 7) is 12.7. The molecule has 1 saturated heterocycles. The number of benzene rings is 1. The SMILES string of the molecule is CCn1cc2ncc(N[C@@H](C)c3cccc(NC(=O)c4ccc(N5CCN(C(=O)OC(C)(C)C)CC5)nc4)c3)nc2n1. The number of pyridine rings is 1. The fourth-order valence-corrected chi connectivity index (χ4v) is 4.62. The lowest BCUT2D eigenvalue weighted by atomic mass is 10.1. The van der Waals surface area contributed by atoms with Crippen molar-refractivity contribution < 1.29 is 14.3 Å². The first-order valence-corrected chi connectivity index (χ1v) is 14.1. The molecule has 4 aromatic rings. The van der Waals surface area contributed by atoms with Gasteiger partial charge in [0.05, 0.1) is 24.0 Å². The standard InChI is InChI=1S/C30H37N9O3/c1-6-39-19-24-27(36-39)35-25(18-31-24)33-20(2)21-8-7-9-23(16-21)34-28(40)22-10-11-26(32-17-22)37-12-14-38(15-13-37)29(41)42-30(3,4)5/h7-11,16-20H,6,12-15H2,1-5H3,(H,34,40)(H,33,35,36)/t20-/m0/s1. The van der Waals surface area contributed by atoms with Gasteiger partial charge in [0, 0.05) is 44.6 Å². The number of nitrogens with zero attached hydrogens (tertiary/aromatic N) is 7. The van der Waals surface area contributed by atoms with Crippen molar-refractivity contribution in [3.63, 3.8) is 0 Å². The van der Waals surface area contributed by atoms with Gasteiger partial charge in [-0.25, -0.2) is 19.7 Å². The van der Waals surface area contributed by atoms with Crippen LogP contribution in [0.5, 0.6) is 0 Å². The molecule has 1 fully saturated rings. The third-order valence-electron chi connectivity index (χ3n) is 6.87. The van der Waals surface area contributed by atoms with E-state index in [1.165, 1.54) is 0 Å². The number of amides is 2. The molecule has 2 N–H and O–H groups in total. The number of aromatic nitrogens is 5. The Kier molecular flexibility index (Phi) is 8.23. The van der Waals surface area contributed by atoms with Crippen molar-refractivity contribution in [1.82, 2.24) is 29.6 Å². The lowest BCUT2D eigenvalue weighted by Crippen LogP contribution is -2.50. The van der Waals surface area contributed by atoms with Crippen LogP contribution in [0.3, 0.4) is 0 Å². The minimum atomic E-state index is -0.521. The Balaban J connectivity index is 1.16. The van der Waals surface area contributed by atoms with Gasteiger partial charge in [0.15, 0.2) is 0 Å². The van der Waals surface area contributed by atoms with E-state index in [-0.39, 0.29) is 18.0 Å². The van der Waals surface area contributed by atoms with Crippen LogP contribution in [0.15, 0.2) is 55.0 Å². The molecule has 0 unspecified atom stereocenters. The molecule has 220 valence electrons. The highest BCUT2D eigenvalue weighted by molar-refractivity contribution is 6.04. The van der Waals surface area contributed by atoms with E-state index in [1.807, 2.05) is 75.8 Å². The number of aryl methyl sites for hydroxylation is 1. The number of fused-ring (bicyclic) bond motifs is 1. The molecule has 4 heterocycles. The smallest absolute Gasteiger partial charge is 0.410 e. The zero-order valence-corrected chi connectivity index (χ0v) is 24.7. The van der Waals surface area contributed by atoms with E-state index in [4.69, 9.17) is 4.74 Å². The molecular formula is C30H37N9O3. The fourth-order valence-electron chi connectivity index (χ4n) is 4.62. The summed E-state index contributed by atoms with van der Waals surface area (Å²) in [5.41, 5.74) is 2.94. The summed E-state index contributed by atoms with van der Waals surface area (Å²) < 4.78 is 7.28. The molecule has 5 rings (SSSR count). The maximum absolute atomic E-state index is 13.0. The van der Waals surface area contributed by atoms with E-state index >= 15 is 0 Å². The first kappa shape index (κ1) is 28.8. The van der Waals surface area contributed by atoms with Crippen molar-refractivity contribution in [3.8, 4) is 0 Å². The Labute approximate surface area is 245 Å². The van der Waals surface area contributed by atoms with Crippen molar-refractivity contribution in [3.05, 3.63) is 66.1 Å². The van der Waals surface area contributed by atoms with Crippen LogP contribution < -0.4 is 15.5 Å². The van der Waals surface area contributed by atoms with Crippen LogP contribution in [0, 0.1) is 0 Å². The van der Waals surface area contributed by atoms with Gasteiger partial charge in [-0.1, -0.05) is 12.1 Å². The summed E-state index contributed by atoms with van der Waals surface area (Å²) >= 11 is 0. The van der Waals surface area contributed by atoms with Gasteiger partial charge in [-0.2, -0.15) is 5.10 Å². The van der Waals surface area contributed by atoms with Gasteiger partial charge in [0.2, 0.25) is 5.65 Å². The van der Waals surface area contributed by atoms with Gasteiger partial charge in [0.1, 0.15) is 22.8 Å². The molecule has 3 aromatic heterocycles. The minimum Gasteiger partial charge on any atom is -0.444 e. The number of carbonyl (C=O) groups is 2. The molecule has 1 aliphatic rings. The van der Waals surface area contributed by atoms with E-state index < -0.39 is 5.60 Å². The Morgan fingerprint density at radius 1 is 1.05 bits per heavy atom. The molecule has 0 spiro atoms. The quantitative estimate of drug-likeness (QED) is 0.323. The lowest BCUT2D eigenvalue weighted by Gasteiger charge is -2.36. The van der Waals surface area contributed by atoms with E-state index in [0.717, 1.165) is 23.4 Å². The van der Waals surface area contributed by atoms with Crippen molar-refractivity contribution >= 4 is 40.5 Å². The van der Waals surface area contributed by atoms with Crippen LogP contribution in [-0.4, -0.2) is 73.4 Å². The first-order chi connectivity index (χ1) is 20.1. The Morgan fingerprint density at radius 2 is 1.83 bits per heavy atom. The summed E-state index contributed by atoms with van der Waals surface area (Å²) in [5.74, 6) is 1.15. The van der Waals surface area contributed by atoms with Crippen LogP contribution in [0.25, 0.3) is 11.2 Å². The molecule has 1 atom stereocenters. The number of nitrogens with one attached hydrogen (secondary N) is 2. The second-order valence-corrected chi connectivity index (χ2v) is 11.3. The Hall–Kier alpha value is -4.74. The average Bonchev–Trinajstić information content (AvgIpc) is 3.39. The maximum Gasteiger partial charge on any atom is 0.410 e. The molecule has 42 heavy (non-hydrogen) atoms. The molecule has 12 nitrogen and oxygen atoms in total. The summed E-state index contributed by atoms with van der Waals surface area (Å²) in [6, 6.07) is 11.2. The van der Waals surface area contributed by atoms with Gasteiger partial charge >= 0.3 is 6.09 Å². The normalized spacial score (nSPS) is 14.5. The largest absolute Gasteiger partial charge is 0.444 e. The van der Waals surface area contributed by atoms with Crippen LogP contribution in [0.2, 0.25) is 0 Å². The maximum atomic E-state index is 13.0. The average molecular weight is 572 g/mol. The summed E-state index contributed by atoms with van der Waals surface area (Å²) in [4.78, 5) is 42.7. The number of anilines is 3. The molecule has 0 aliphatic carbocycles. The number of hydrogen-bond acceptors (Lipinski definition) is 9. The van der Waals surface area contributed by atoms with Crippen LogP contribution in [0.4, 0.5) is 22.1 Å². The van der Waals surface area contributed by atoms with Crippen LogP contribution in [0.1, 0.15) is 56.6 Å². The molecule has 1 aromatic carbocycles. The number of carbonyl (C=O) groups excluding carboxylic acids is 2. The predicted octanol–water partition coefficient (Wildman–Crippen LogP) is 4.72.